The molecule has 1 aromatic heterocycles. The zero-order valence-corrected chi connectivity index (χ0v) is 16.6. The van der Waals surface area contributed by atoms with Crippen molar-refractivity contribution in [2.75, 3.05) is 18.4 Å². The quantitative estimate of drug-likeness (QED) is 0.663. The standard InChI is InChI=1S/C24H24N4O2/c29-23(11-10-19-6-2-1-3-7-19)27-16-12-20(13-17-27)24(30)26-21-8-4-9-22(18-21)28-15-5-14-25-28/h1-11,14-15,18,20H,12-13,16-17H2,(H,26,30). The van der Waals surface area contributed by atoms with Gasteiger partial charge < -0.3 is 10.2 Å². The molecule has 0 bridgehead atoms. The van der Waals surface area contributed by atoms with E-state index in [1.54, 1.807) is 17.0 Å². The Labute approximate surface area is 175 Å². The van der Waals surface area contributed by atoms with Gasteiger partial charge in [-0.15, -0.1) is 0 Å². The van der Waals surface area contributed by atoms with Crippen LogP contribution >= 0.6 is 0 Å². The highest BCUT2D eigenvalue weighted by molar-refractivity contribution is 5.94. The molecule has 2 heterocycles. The lowest BCUT2D eigenvalue weighted by Crippen LogP contribution is -2.40. The van der Waals surface area contributed by atoms with Crippen molar-refractivity contribution in [1.82, 2.24) is 14.7 Å². The summed E-state index contributed by atoms with van der Waals surface area (Å²) in [5.74, 6) is -0.107. The van der Waals surface area contributed by atoms with Crippen LogP contribution in [0.2, 0.25) is 0 Å². The summed E-state index contributed by atoms with van der Waals surface area (Å²) in [5, 5.41) is 7.22. The molecular formula is C24H24N4O2. The van der Waals surface area contributed by atoms with E-state index in [4.69, 9.17) is 0 Å². The van der Waals surface area contributed by atoms with Crippen molar-refractivity contribution in [3.8, 4) is 5.69 Å². The van der Waals surface area contributed by atoms with Gasteiger partial charge in [0.05, 0.1) is 5.69 Å². The minimum atomic E-state index is -0.0967. The summed E-state index contributed by atoms with van der Waals surface area (Å²) in [6, 6.07) is 19.2. The van der Waals surface area contributed by atoms with Crippen LogP contribution in [-0.4, -0.2) is 39.6 Å². The van der Waals surface area contributed by atoms with Gasteiger partial charge in [0, 0.05) is 43.2 Å². The fourth-order valence-corrected chi connectivity index (χ4v) is 3.59. The molecule has 1 fully saturated rings. The van der Waals surface area contributed by atoms with Gasteiger partial charge in [-0.1, -0.05) is 36.4 Å². The SMILES string of the molecule is O=C(Nc1cccc(-n2cccn2)c1)C1CCN(C(=O)C=Cc2ccccc2)CC1. The monoisotopic (exact) mass is 400 g/mol. The number of hydrogen-bond acceptors (Lipinski definition) is 3. The molecule has 1 N–H and O–H groups in total. The third-order valence-electron chi connectivity index (χ3n) is 5.28. The second-order valence-electron chi connectivity index (χ2n) is 7.33. The molecule has 152 valence electrons. The van der Waals surface area contributed by atoms with Crippen LogP contribution < -0.4 is 5.32 Å². The molecule has 0 unspecified atom stereocenters. The number of rotatable bonds is 5. The molecule has 0 spiro atoms. The minimum Gasteiger partial charge on any atom is -0.339 e. The van der Waals surface area contributed by atoms with Crippen LogP contribution in [0.25, 0.3) is 11.8 Å². The summed E-state index contributed by atoms with van der Waals surface area (Å²) >= 11 is 0. The lowest BCUT2D eigenvalue weighted by Gasteiger charge is -2.30. The number of piperidine rings is 1. The van der Waals surface area contributed by atoms with E-state index < -0.39 is 0 Å². The highest BCUT2D eigenvalue weighted by Crippen LogP contribution is 2.21. The van der Waals surface area contributed by atoms with Gasteiger partial charge in [-0.05, 0) is 48.7 Å². The maximum atomic E-state index is 12.7. The molecule has 1 saturated heterocycles. The third kappa shape index (κ3) is 4.84. The van der Waals surface area contributed by atoms with Gasteiger partial charge in [0.2, 0.25) is 11.8 Å². The number of anilines is 1. The summed E-state index contributed by atoms with van der Waals surface area (Å²) in [5.41, 5.74) is 2.64. The van der Waals surface area contributed by atoms with E-state index in [0.29, 0.717) is 25.9 Å². The second-order valence-corrected chi connectivity index (χ2v) is 7.33. The Kier molecular flexibility index (Phi) is 6.03. The molecule has 4 rings (SSSR count). The number of likely N-dealkylation sites (tertiary alicyclic amines) is 1. The third-order valence-corrected chi connectivity index (χ3v) is 5.28. The van der Waals surface area contributed by atoms with Crippen molar-refractivity contribution < 1.29 is 9.59 Å². The van der Waals surface area contributed by atoms with Crippen molar-refractivity contribution in [2.45, 2.75) is 12.8 Å². The molecule has 0 aliphatic carbocycles. The molecule has 0 radical (unpaired) electrons. The highest BCUT2D eigenvalue weighted by atomic mass is 16.2. The average molecular weight is 400 g/mol. The van der Waals surface area contributed by atoms with Crippen LogP contribution in [0, 0.1) is 5.92 Å². The summed E-state index contributed by atoms with van der Waals surface area (Å²) < 4.78 is 1.75. The van der Waals surface area contributed by atoms with Gasteiger partial charge in [-0.3, -0.25) is 9.59 Å². The molecule has 2 amide bonds. The van der Waals surface area contributed by atoms with Crippen molar-refractivity contribution in [1.29, 1.82) is 0 Å². The van der Waals surface area contributed by atoms with Crippen LogP contribution in [0.1, 0.15) is 18.4 Å². The van der Waals surface area contributed by atoms with E-state index >= 15 is 0 Å². The van der Waals surface area contributed by atoms with Crippen LogP contribution in [-0.2, 0) is 9.59 Å². The fraction of sp³-hybridized carbons (Fsp3) is 0.208. The predicted octanol–water partition coefficient (Wildman–Crippen LogP) is 3.76. The molecule has 1 aliphatic heterocycles. The Morgan fingerprint density at radius 3 is 2.53 bits per heavy atom. The topological polar surface area (TPSA) is 67.2 Å². The molecule has 0 saturated carbocycles. The van der Waals surface area contributed by atoms with Gasteiger partial charge in [0.1, 0.15) is 0 Å². The first-order chi connectivity index (χ1) is 14.7. The zero-order valence-electron chi connectivity index (χ0n) is 16.6. The van der Waals surface area contributed by atoms with Gasteiger partial charge in [0.15, 0.2) is 0 Å². The molecule has 30 heavy (non-hydrogen) atoms. The predicted molar refractivity (Wildman–Crippen MR) is 117 cm³/mol. The van der Waals surface area contributed by atoms with Crippen LogP contribution in [0.4, 0.5) is 5.69 Å². The first kappa shape index (κ1) is 19.6. The molecule has 6 heteroatoms. The Hall–Kier alpha value is -3.67. The van der Waals surface area contributed by atoms with Crippen molar-refractivity contribution in [3.63, 3.8) is 0 Å². The number of amides is 2. The summed E-state index contributed by atoms with van der Waals surface area (Å²) in [6.07, 6.45) is 8.34. The summed E-state index contributed by atoms with van der Waals surface area (Å²) in [7, 11) is 0. The van der Waals surface area contributed by atoms with Gasteiger partial charge in [-0.2, -0.15) is 5.10 Å². The number of carbonyl (C=O) groups is 2. The van der Waals surface area contributed by atoms with E-state index in [1.807, 2.05) is 77.8 Å². The molecule has 3 aromatic rings. The first-order valence-corrected chi connectivity index (χ1v) is 10.1. The minimum absolute atomic E-state index is 0.000424. The van der Waals surface area contributed by atoms with Crippen molar-refractivity contribution >= 4 is 23.6 Å². The molecule has 0 atom stereocenters. The van der Waals surface area contributed by atoms with Crippen LogP contribution in [0.3, 0.4) is 0 Å². The van der Waals surface area contributed by atoms with E-state index in [1.165, 1.54) is 0 Å². The van der Waals surface area contributed by atoms with Crippen LogP contribution in [0.5, 0.6) is 0 Å². The van der Waals surface area contributed by atoms with Crippen molar-refractivity contribution in [2.24, 2.45) is 5.92 Å². The van der Waals surface area contributed by atoms with E-state index in [0.717, 1.165) is 16.9 Å². The highest BCUT2D eigenvalue weighted by Gasteiger charge is 2.26. The fourth-order valence-electron chi connectivity index (χ4n) is 3.59. The van der Waals surface area contributed by atoms with Gasteiger partial charge in [-0.25, -0.2) is 4.68 Å². The van der Waals surface area contributed by atoms with Gasteiger partial charge in [0.25, 0.3) is 0 Å². The number of carbonyl (C=O) groups excluding carboxylic acids is 2. The number of hydrogen-bond donors (Lipinski definition) is 1. The molecule has 1 aliphatic rings. The first-order valence-electron chi connectivity index (χ1n) is 10.1. The Balaban J connectivity index is 1.30. The summed E-state index contributed by atoms with van der Waals surface area (Å²) in [4.78, 5) is 26.9. The van der Waals surface area contributed by atoms with Crippen LogP contribution in [0.15, 0.2) is 79.1 Å². The molecular weight excluding hydrogens is 376 g/mol. The number of aromatic nitrogens is 2. The van der Waals surface area contributed by atoms with E-state index in [-0.39, 0.29) is 17.7 Å². The molecule has 6 nitrogen and oxygen atoms in total. The zero-order chi connectivity index (χ0) is 20.8. The maximum absolute atomic E-state index is 12.7. The number of benzene rings is 2. The second kappa shape index (κ2) is 9.22. The maximum Gasteiger partial charge on any atom is 0.246 e. The number of nitrogens with zero attached hydrogens (tertiary/aromatic N) is 3. The number of nitrogens with one attached hydrogen (secondary N) is 1. The lowest BCUT2D eigenvalue weighted by atomic mass is 9.95. The smallest absolute Gasteiger partial charge is 0.246 e. The van der Waals surface area contributed by atoms with Gasteiger partial charge >= 0.3 is 0 Å². The van der Waals surface area contributed by atoms with E-state index in [2.05, 4.69) is 10.4 Å². The summed E-state index contributed by atoms with van der Waals surface area (Å²) in [6.45, 7) is 1.17. The lowest BCUT2D eigenvalue weighted by molar-refractivity contribution is -0.130. The normalized spacial score (nSPS) is 14.7. The largest absolute Gasteiger partial charge is 0.339 e. The molecule has 2 aromatic carbocycles. The average Bonchev–Trinajstić information content (AvgIpc) is 3.33. The Bertz CT molecular complexity index is 1020. The Morgan fingerprint density at radius 2 is 1.80 bits per heavy atom. The Morgan fingerprint density at radius 1 is 1.00 bits per heavy atom. The van der Waals surface area contributed by atoms with E-state index in [9.17, 15) is 9.59 Å². The van der Waals surface area contributed by atoms with Crippen molar-refractivity contribution in [3.05, 3.63) is 84.7 Å².